The zero-order valence-electron chi connectivity index (χ0n) is 9.87. The number of methoxy groups -OCH3 is 1. The van der Waals surface area contributed by atoms with Gasteiger partial charge in [0.15, 0.2) is 11.5 Å². The summed E-state index contributed by atoms with van der Waals surface area (Å²) in [6.07, 6.45) is 1.53. The molecule has 1 aliphatic rings. The number of hydrogen-bond donors (Lipinski definition) is 0. The lowest BCUT2D eigenvalue weighted by Gasteiger charge is -2.09. The molecular weight excluding hydrogens is 204 g/mol. The van der Waals surface area contributed by atoms with Crippen LogP contribution >= 0.6 is 0 Å². The van der Waals surface area contributed by atoms with Crippen molar-refractivity contribution in [3.05, 3.63) is 23.3 Å². The Hall–Kier alpha value is -1.51. The SMILES string of the molecule is COc1cc(CC(C)=O)cc2c1OC(C)C2. The first kappa shape index (κ1) is 11.0. The minimum Gasteiger partial charge on any atom is -0.493 e. The van der Waals surface area contributed by atoms with Crippen LogP contribution < -0.4 is 9.47 Å². The zero-order valence-corrected chi connectivity index (χ0v) is 9.87. The van der Waals surface area contributed by atoms with E-state index in [0.29, 0.717) is 6.42 Å². The topological polar surface area (TPSA) is 35.5 Å². The van der Waals surface area contributed by atoms with Gasteiger partial charge in [0, 0.05) is 18.4 Å². The van der Waals surface area contributed by atoms with E-state index in [1.54, 1.807) is 14.0 Å². The predicted octanol–water partition coefficient (Wildman–Crippen LogP) is 2.15. The maximum atomic E-state index is 11.1. The van der Waals surface area contributed by atoms with E-state index < -0.39 is 0 Å². The Balaban J connectivity index is 2.38. The Labute approximate surface area is 95.4 Å². The predicted molar refractivity (Wildman–Crippen MR) is 61.2 cm³/mol. The van der Waals surface area contributed by atoms with Gasteiger partial charge in [-0.05, 0) is 25.5 Å². The van der Waals surface area contributed by atoms with Gasteiger partial charge in [-0.3, -0.25) is 4.79 Å². The standard InChI is InChI=1S/C13H16O3/c1-8(14)4-10-6-11-5-9(2)16-13(11)12(7-10)15-3/h6-7,9H,4-5H2,1-3H3. The summed E-state index contributed by atoms with van der Waals surface area (Å²) >= 11 is 0. The summed E-state index contributed by atoms with van der Waals surface area (Å²) in [5.74, 6) is 1.73. The van der Waals surface area contributed by atoms with E-state index in [1.807, 2.05) is 19.1 Å². The molecule has 0 aliphatic carbocycles. The molecular formula is C13H16O3. The molecule has 3 nitrogen and oxygen atoms in total. The molecule has 0 aromatic heterocycles. The molecule has 1 atom stereocenters. The lowest BCUT2D eigenvalue weighted by molar-refractivity contribution is -0.116. The maximum Gasteiger partial charge on any atom is 0.164 e. The van der Waals surface area contributed by atoms with Gasteiger partial charge in [0.05, 0.1) is 7.11 Å². The third kappa shape index (κ3) is 2.03. The number of ether oxygens (including phenoxy) is 2. The average Bonchev–Trinajstić information content (AvgIpc) is 2.56. The minimum absolute atomic E-state index is 0.161. The summed E-state index contributed by atoms with van der Waals surface area (Å²) in [6, 6.07) is 3.93. The highest BCUT2D eigenvalue weighted by atomic mass is 16.5. The first-order chi connectivity index (χ1) is 7.60. The van der Waals surface area contributed by atoms with Crippen LogP contribution in [0.1, 0.15) is 25.0 Å². The number of rotatable bonds is 3. The van der Waals surface area contributed by atoms with Gasteiger partial charge in [-0.2, -0.15) is 0 Å². The molecule has 1 aromatic carbocycles. The van der Waals surface area contributed by atoms with E-state index in [4.69, 9.17) is 9.47 Å². The molecule has 1 aliphatic heterocycles. The van der Waals surface area contributed by atoms with E-state index in [1.165, 1.54) is 0 Å². The third-order valence-corrected chi connectivity index (χ3v) is 2.69. The molecule has 0 saturated heterocycles. The molecule has 0 bridgehead atoms. The van der Waals surface area contributed by atoms with Crippen LogP contribution in [0.15, 0.2) is 12.1 Å². The second-order valence-electron chi connectivity index (χ2n) is 4.30. The fourth-order valence-electron chi connectivity index (χ4n) is 2.10. The smallest absolute Gasteiger partial charge is 0.164 e. The largest absolute Gasteiger partial charge is 0.493 e. The molecule has 86 valence electrons. The van der Waals surface area contributed by atoms with Crippen molar-refractivity contribution in [2.45, 2.75) is 32.8 Å². The fourth-order valence-corrected chi connectivity index (χ4v) is 2.10. The van der Waals surface area contributed by atoms with Crippen LogP contribution in [0.2, 0.25) is 0 Å². The number of Topliss-reactive ketones (excluding diaryl/α,β-unsaturated/α-hetero) is 1. The van der Waals surface area contributed by atoms with E-state index in [2.05, 4.69) is 0 Å². The lowest BCUT2D eigenvalue weighted by atomic mass is 10.0. The molecule has 0 fully saturated rings. The van der Waals surface area contributed by atoms with Gasteiger partial charge >= 0.3 is 0 Å². The second kappa shape index (κ2) is 4.16. The van der Waals surface area contributed by atoms with Crippen molar-refractivity contribution in [3.8, 4) is 11.5 Å². The van der Waals surface area contributed by atoms with E-state index in [9.17, 15) is 4.79 Å². The fraction of sp³-hybridized carbons (Fsp3) is 0.462. The van der Waals surface area contributed by atoms with Crippen LogP contribution in [-0.4, -0.2) is 19.0 Å². The van der Waals surface area contributed by atoms with Crippen molar-refractivity contribution in [2.24, 2.45) is 0 Å². The second-order valence-corrected chi connectivity index (χ2v) is 4.30. The van der Waals surface area contributed by atoms with Crippen LogP contribution in [0, 0.1) is 0 Å². The van der Waals surface area contributed by atoms with Crippen molar-refractivity contribution >= 4 is 5.78 Å². The van der Waals surface area contributed by atoms with Gasteiger partial charge in [0.1, 0.15) is 11.9 Å². The Bertz CT molecular complexity index is 423. The average molecular weight is 220 g/mol. The highest BCUT2D eigenvalue weighted by molar-refractivity contribution is 5.78. The number of hydrogen-bond acceptors (Lipinski definition) is 3. The third-order valence-electron chi connectivity index (χ3n) is 2.69. The van der Waals surface area contributed by atoms with Crippen LogP contribution in [-0.2, 0) is 17.6 Å². The maximum absolute atomic E-state index is 11.1. The van der Waals surface area contributed by atoms with E-state index in [-0.39, 0.29) is 11.9 Å². The molecule has 0 N–H and O–H groups in total. The first-order valence-electron chi connectivity index (χ1n) is 5.46. The molecule has 0 amide bonds. The van der Waals surface area contributed by atoms with Crippen LogP contribution in [0.25, 0.3) is 0 Å². The minimum atomic E-state index is 0.161. The molecule has 0 radical (unpaired) electrons. The highest BCUT2D eigenvalue weighted by Crippen LogP contribution is 2.38. The van der Waals surface area contributed by atoms with Gasteiger partial charge in [-0.1, -0.05) is 6.07 Å². The summed E-state index contributed by atoms with van der Waals surface area (Å²) < 4.78 is 11.0. The summed E-state index contributed by atoms with van der Waals surface area (Å²) in [5.41, 5.74) is 2.14. The molecule has 3 heteroatoms. The van der Waals surface area contributed by atoms with Crippen molar-refractivity contribution in [1.29, 1.82) is 0 Å². The summed E-state index contributed by atoms with van der Waals surface area (Å²) in [5, 5.41) is 0. The van der Waals surface area contributed by atoms with Crippen molar-refractivity contribution in [3.63, 3.8) is 0 Å². The summed E-state index contributed by atoms with van der Waals surface area (Å²) in [7, 11) is 1.62. The quantitative estimate of drug-likeness (QED) is 0.783. The van der Waals surface area contributed by atoms with E-state index >= 15 is 0 Å². The number of carbonyl (C=O) groups is 1. The lowest BCUT2D eigenvalue weighted by Crippen LogP contribution is -2.05. The Kier molecular flexibility index (Phi) is 2.86. The molecule has 1 aromatic rings. The number of fused-ring (bicyclic) bond motifs is 1. The van der Waals surface area contributed by atoms with E-state index in [0.717, 1.165) is 29.0 Å². The number of ketones is 1. The first-order valence-corrected chi connectivity index (χ1v) is 5.46. The van der Waals surface area contributed by atoms with Crippen LogP contribution in [0.3, 0.4) is 0 Å². The molecule has 0 saturated carbocycles. The number of carbonyl (C=O) groups excluding carboxylic acids is 1. The number of benzene rings is 1. The molecule has 1 unspecified atom stereocenters. The summed E-state index contributed by atoms with van der Waals surface area (Å²) in [4.78, 5) is 11.1. The molecule has 2 rings (SSSR count). The Morgan fingerprint density at radius 1 is 1.56 bits per heavy atom. The molecule has 1 heterocycles. The van der Waals surface area contributed by atoms with Crippen LogP contribution in [0.5, 0.6) is 11.5 Å². The van der Waals surface area contributed by atoms with Gasteiger partial charge in [0.25, 0.3) is 0 Å². The van der Waals surface area contributed by atoms with Crippen molar-refractivity contribution in [2.75, 3.05) is 7.11 Å². The van der Waals surface area contributed by atoms with Crippen molar-refractivity contribution in [1.82, 2.24) is 0 Å². The van der Waals surface area contributed by atoms with Crippen molar-refractivity contribution < 1.29 is 14.3 Å². The van der Waals surface area contributed by atoms with Gasteiger partial charge in [0.2, 0.25) is 0 Å². The van der Waals surface area contributed by atoms with Gasteiger partial charge in [-0.15, -0.1) is 0 Å². The Morgan fingerprint density at radius 3 is 2.94 bits per heavy atom. The molecule has 16 heavy (non-hydrogen) atoms. The highest BCUT2D eigenvalue weighted by Gasteiger charge is 2.23. The zero-order chi connectivity index (χ0) is 11.7. The summed E-state index contributed by atoms with van der Waals surface area (Å²) in [6.45, 7) is 3.63. The van der Waals surface area contributed by atoms with Crippen LogP contribution in [0.4, 0.5) is 0 Å². The monoisotopic (exact) mass is 220 g/mol. The normalized spacial score (nSPS) is 17.8. The van der Waals surface area contributed by atoms with Gasteiger partial charge in [-0.25, -0.2) is 0 Å². The Morgan fingerprint density at radius 2 is 2.31 bits per heavy atom. The van der Waals surface area contributed by atoms with Gasteiger partial charge < -0.3 is 9.47 Å². The molecule has 0 spiro atoms.